The van der Waals surface area contributed by atoms with Gasteiger partial charge in [0.2, 0.25) is 5.78 Å². The quantitative estimate of drug-likeness (QED) is 0.200. The fourth-order valence-electron chi connectivity index (χ4n) is 3.47. The van der Waals surface area contributed by atoms with E-state index in [2.05, 4.69) is 0 Å². The van der Waals surface area contributed by atoms with Gasteiger partial charge in [0.1, 0.15) is 5.70 Å². The van der Waals surface area contributed by atoms with Crippen LogP contribution in [0.25, 0.3) is 5.76 Å². The minimum atomic E-state index is -4.38. The topological polar surface area (TPSA) is 135 Å². The zero-order valence-electron chi connectivity index (χ0n) is 16.9. The number of allylic oxidation sites excluding steroid dienone is 1. The van der Waals surface area contributed by atoms with Gasteiger partial charge in [-0.2, -0.15) is 0 Å². The number of carbonyl (C=O) groups is 2. The highest BCUT2D eigenvalue weighted by atomic mass is 32.2. The number of Topliss-reactive ketones (excluding diaryl/α,β-unsaturated/α-hetero) is 2. The lowest BCUT2D eigenvalue weighted by atomic mass is 10.0. The van der Waals surface area contributed by atoms with Crippen molar-refractivity contribution in [3.05, 3.63) is 111 Å². The molecule has 0 amide bonds. The molecule has 0 aliphatic carbocycles. The lowest BCUT2D eigenvalue weighted by Crippen LogP contribution is -2.42. The fraction of sp³-hybridized carbons (Fsp3) is 0.0435. The van der Waals surface area contributed by atoms with Crippen LogP contribution in [-0.2, 0) is 10.0 Å². The van der Waals surface area contributed by atoms with Crippen LogP contribution in [0.3, 0.4) is 0 Å². The Labute approximate surface area is 188 Å². The third kappa shape index (κ3) is 3.87. The lowest BCUT2D eigenvalue weighted by molar-refractivity contribution is -0.384. The molecule has 0 unspecified atom stereocenters. The zero-order chi connectivity index (χ0) is 23.8. The van der Waals surface area contributed by atoms with E-state index < -0.39 is 44.5 Å². The van der Waals surface area contributed by atoms with E-state index in [0.29, 0.717) is 4.31 Å². The number of aliphatic hydroxyl groups is 1. The van der Waals surface area contributed by atoms with Gasteiger partial charge in [0.15, 0.2) is 11.5 Å². The number of aliphatic hydroxyl groups excluding tert-OH is 1. The van der Waals surface area contributed by atoms with Crippen molar-refractivity contribution in [2.45, 2.75) is 4.90 Å². The number of benzene rings is 3. The van der Waals surface area contributed by atoms with Gasteiger partial charge in [0.05, 0.1) is 16.4 Å². The van der Waals surface area contributed by atoms with Crippen LogP contribution in [0.15, 0.2) is 89.5 Å². The summed E-state index contributed by atoms with van der Waals surface area (Å²) in [6, 6.07) is 18.1. The molecule has 0 spiro atoms. The molecule has 1 aliphatic heterocycles. The highest BCUT2D eigenvalue weighted by Gasteiger charge is 2.42. The second kappa shape index (κ2) is 8.32. The average molecular weight is 464 g/mol. The Morgan fingerprint density at radius 3 is 2.15 bits per heavy atom. The maximum absolute atomic E-state index is 13.4. The van der Waals surface area contributed by atoms with E-state index in [1.54, 1.807) is 18.2 Å². The summed E-state index contributed by atoms with van der Waals surface area (Å²) in [7, 11) is -4.38. The Kier molecular flexibility index (Phi) is 5.52. The van der Waals surface area contributed by atoms with E-state index in [1.807, 2.05) is 0 Å². The first kappa shape index (κ1) is 21.9. The van der Waals surface area contributed by atoms with Gasteiger partial charge in [0.25, 0.3) is 15.7 Å². The molecular weight excluding hydrogens is 448 g/mol. The van der Waals surface area contributed by atoms with Crippen LogP contribution in [0.1, 0.15) is 26.3 Å². The summed E-state index contributed by atoms with van der Waals surface area (Å²) in [5, 5.41) is 21.7. The first-order valence-electron chi connectivity index (χ1n) is 9.64. The molecule has 4 rings (SSSR count). The summed E-state index contributed by atoms with van der Waals surface area (Å²) >= 11 is 0. The monoisotopic (exact) mass is 464 g/mol. The number of nitrogens with zero attached hydrogens (tertiary/aromatic N) is 2. The van der Waals surface area contributed by atoms with Crippen LogP contribution >= 0.6 is 0 Å². The summed E-state index contributed by atoms with van der Waals surface area (Å²) in [6.45, 7) is -0.785. The smallest absolute Gasteiger partial charge is 0.269 e. The molecule has 0 aromatic heterocycles. The first-order valence-corrected chi connectivity index (χ1v) is 11.1. The van der Waals surface area contributed by atoms with E-state index >= 15 is 0 Å². The van der Waals surface area contributed by atoms with E-state index in [1.165, 1.54) is 48.5 Å². The number of fused-ring (bicyclic) bond motifs is 1. The minimum Gasteiger partial charge on any atom is -0.505 e. The van der Waals surface area contributed by atoms with Crippen molar-refractivity contribution in [2.75, 3.05) is 6.54 Å². The van der Waals surface area contributed by atoms with Gasteiger partial charge in [-0.3, -0.25) is 24.0 Å². The summed E-state index contributed by atoms with van der Waals surface area (Å²) in [4.78, 5) is 36.1. The molecule has 1 N–H and O–H groups in total. The molecule has 0 atom stereocenters. The van der Waals surface area contributed by atoms with Crippen molar-refractivity contribution in [2.24, 2.45) is 0 Å². The Hall–Kier alpha value is -4.31. The third-order valence-electron chi connectivity index (χ3n) is 5.12. The molecule has 1 heterocycles. The number of nitro groups is 1. The van der Waals surface area contributed by atoms with Crippen LogP contribution in [0.5, 0.6) is 0 Å². The van der Waals surface area contributed by atoms with Gasteiger partial charge in [-0.15, -0.1) is 0 Å². The number of nitro benzene ring substituents is 1. The van der Waals surface area contributed by atoms with Gasteiger partial charge >= 0.3 is 0 Å². The van der Waals surface area contributed by atoms with Crippen molar-refractivity contribution < 1.29 is 28.0 Å². The van der Waals surface area contributed by atoms with E-state index in [9.17, 15) is 33.2 Å². The van der Waals surface area contributed by atoms with Crippen LogP contribution in [0.4, 0.5) is 5.69 Å². The largest absolute Gasteiger partial charge is 0.505 e. The molecule has 0 radical (unpaired) electrons. The van der Waals surface area contributed by atoms with Gasteiger partial charge < -0.3 is 5.11 Å². The third-order valence-corrected chi connectivity index (χ3v) is 6.93. The molecule has 33 heavy (non-hydrogen) atoms. The van der Waals surface area contributed by atoms with Gasteiger partial charge in [-0.05, 0) is 24.3 Å². The average Bonchev–Trinajstić information content (AvgIpc) is 2.83. The number of hydrogen-bond acceptors (Lipinski definition) is 7. The summed E-state index contributed by atoms with van der Waals surface area (Å²) in [5.41, 5.74) is -0.684. The summed E-state index contributed by atoms with van der Waals surface area (Å²) in [6.07, 6.45) is 0. The fourth-order valence-corrected chi connectivity index (χ4v) is 5.10. The maximum Gasteiger partial charge on any atom is 0.269 e. The molecule has 0 saturated heterocycles. The predicted molar refractivity (Wildman–Crippen MR) is 118 cm³/mol. The predicted octanol–water partition coefficient (Wildman–Crippen LogP) is 3.59. The summed E-state index contributed by atoms with van der Waals surface area (Å²) < 4.78 is 27.4. The van der Waals surface area contributed by atoms with Gasteiger partial charge in [-0.1, -0.05) is 42.5 Å². The number of ketones is 2. The minimum absolute atomic E-state index is 0.0145. The molecule has 0 saturated carbocycles. The molecule has 0 bridgehead atoms. The van der Waals surface area contributed by atoms with E-state index in [0.717, 1.165) is 12.1 Å². The zero-order valence-corrected chi connectivity index (χ0v) is 17.7. The summed E-state index contributed by atoms with van der Waals surface area (Å²) in [5.74, 6) is -2.05. The molecular formula is C23H16N2O7S. The molecule has 166 valence electrons. The number of non-ortho nitro benzene ring substituents is 1. The number of carbonyl (C=O) groups excluding carboxylic acids is 2. The van der Waals surface area contributed by atoms with Crippen LogP contribution in [-0.4, -0.2) is 40.9 Å². The van der Waals surface area contributed by atoms with Crippen LogP contribution in [0.2, 0.25) is 0 Å². The first-order chi connectivity index (χ1) is 15.7. The van der Waals surface area contributed by atoms with Crippen molar-refractivity contribution >= 4 is 33.0 Å². The SMILES string of the molecule is O=C(CN1/C(=C(/O)c2ccccc2)C(=O)c2ccccc2S1(=O)=O)c1ccc([N+](=O)[O-])cc1. The van der Waals surface area contributed by atoms with Crippen molar-refractivity contribution in [1.82, 2.24) is 4.31 Å². The standard InChI is InChI=1S/C23H16N2O7S/c26-19(15-10-12-17(13-11-15)25(29)30)14-24-21(22(27)16-6-2-1-3-7-16)23(28)18-8-4-5-9-20(18)33(24,31)32/h1-13,27H,14H2/b22-21+. The molecule has 0 fully saturated rings. The van der Waals surface area contributed by atoms with E-state index in [4.69, 9.17) is 0 Å². The van der Waals surface area contributed by atoms with Crippen LogP contribution in [0, 0.1) is 10.1 Å². The molecule has 3 aromatic rings. The number of hydrogen-bond donors (Lipinski definition) is 1. The number of sulfonamides is 1. The van der Waals surface area contributed by atoms with E-state index in [-0.39, 0.29) is 27.3 Å². The molecule has 1 aliphatic rings. The van der Waals surface area contributed by atoms with Crippen LogP contribution < -0.4 is 0 Å². The molecule has 10 heteroatoms. The highest BCUT2D eigenvalue weighted by Crippen LogP contribution is 2.35. The van der Waals surface area contributed by atoms with Crippen molar-refractivity contribution in [3.8, 4) is 0 Å². The second-order valence-electron chi connectivity index (χ2n) is 7.13. The Balaban J connectivity index is 1.85. The maximum atomic E-state index is 13.4. The van der Waals surface area contributed by atoms with Gasteiger partial charge in [-0.25, -0.2) is 8.42 Å². The molecule has 9 nitrogen and oxygen atoms in total. The number of rotatable bonds is 5. The normalized spacial score (nSPS) is 16.1. The second-order valence-corrected chi connectivity index (χ2v) is 8.96. The highest BCUT2D eigenvalue weighted by molar-refractivity contribution is 7.89. The van der Waals surface area contributed by atoms with Crippen molar-refractivity contribution in [1.29, 1.82) is 0 Å². The molecule has 3 aromatic carbocycles. The Morgan fingerprint density at radius 1 is 0.909 bits per heavy atom. The van der Waals surface area contributed by atoms with Gasteiger partial charge in [0, 0.05) is 28.8 Å². The Morgan fingerprint density at radius 2 is 1.52 bits per heavy atom. The lowest BCUT2D eigenvalue weighted by Gasteiger charge is -2.31. The van der Waals surface area contributed by atoms with Crippen molar-refractivity contribution in [3.63, 3.8) is 0 Å². The Bertz CT molecular complexity index is 1410.